The molecular weight excluding hydrogens is 262 g/mol. The number of aromatic nitrogens is 2. The third-order valence-electron chi connectivity index (χ3n) is 2.19. The second-order valence-corrected chi connectivity index (χ2v) is 7.23. The first-order valence-corrected chi connectivity index (χ1v) is 7.50. The zero-order chi connectivity index (χ0) is 13.0. The first kappa shape index (κ1) is 13.5. The summed E-state index contributed by atoms with van der Waals surface area (Å²) >= 11 is 3.31. The Bertz CT molecular complexity index is 472. The van der Waals surface area contributed by atoms with E-state index < -0.39 is 0 Å². The fourth-order valence-corrected chi connectivity index (χ4v) is 2.83. The van der Waals surface area contributed by atoms with E-state index in [4.69, 9.17) is 0 Å². The molecule has 0 amide bonds. The van der Waals surface area contributed by atoms with Crippen LogP contribution in [0.25, 0.3) is 0 Å². The van der Waals surface area contributed by atoms with Gasteiger partial charge in [0, 0.05) is 30.0 Å². The molecule has 2 heterocycles. The molecule has 2 aromatic heterocycles. The van der Waals surface area contributed by atoms with Crippen molar-refractivity contribution in [3.05, 3.63) is 35.5 Å². The molecule has 0 fully saturated rings. The third-order valence-corrected chi connectivity index (χ3v) is 4.12. The number of hydrogen-bond acceptors (Lipinski definition) is 5. The van der Waals surface area contributed by atoms with Crippen LogP contribution in [0.4, 0.5) is 0 Å². The van der Waals surface area contributed by atoms with Crippen molar-refractivity contribution in [2.75, 3.05) is 0 Å². The molecule has 0 saturated carbocycles. The highest BCUT2D eigenvalue weighted by molar-refractivity contribution is 8.01. The summed E-state index contributed by atoms with van der Waals surface area (Å²) in [7, 11) is 0. The van der Waals surface area contributed by atoms with Crippen LogP contribution < -0.4 is 5.32 Å². The Labute approximate surface area is 116 Å². The minimum absolute atomic E-state index is 0.115. The highest BCUT2D eigenvalue weighted by Crippen LogP contribution is 2.28. The predicted molar refractivity (Wildman–Crippen MR) is 77.1 cm³/mol. The van der Waals surface area contributed by atoms with Crippen molar-refractivity contribution in [1.29, 1.82) is 0 Å². The maximum Gasteiger partial charge on any atom is 0.193 e. The Balaban J connectivity index is 1.93. The van der Waals surface area contributed by atoms with Gasteiger partial charge >= 0.3 is 0 Å². The Kier molecular flexibility index (Phi) is 4.37. The topological polar surface area (TPSA) is 37.8 Å². The van der Waals surface area contributed by atoms with Crippen LogP contribution in [0.2, 0.25) is 0 Å². The Morgan fingerprint density at radius 1 is 1.28 bits per heavy atom. The Morgan fingerprint density at radius 2 is 2.00 bits per heavy atom. The highest BCUT2D eigenvalue weighted by atomic mass is 32.2. The molecule has 0 unspecified atom stereocenters. The SMILES string of the molecule is CC(C)(C)NCc1cnc(Sc2cccs2)nc1. The van der Waals surface area contributed by atoms with Gasteiger partial charge in [0.25, 0.3) is 0 Å². The molecule has 96 valence electrons. The summed E-state index contributed by atoms with van der Waals surface area (Å²) in [6.07, 6.45) is 3.78. The van der Waals surface area contributed by atoms with Crippen LogP contribution in [0.3, 0.4) is 0 Å². The molecule has 0 aliphatic rings. The van der Waals surface area contributed by atoms with Crippen LogP contribution >= 0.6 is 23.1 Å². The minimum Gasteiger partial charge on any atom is -0.308 e. The van der Waals surface area contributed by atoms with Gasteiger partial charge in [0.15, 0.2) is 5.16 Å². The Morgan fingerprint density at radius 3 is 2.56 bits per heavy atom. The molecule has 3 nitrogen and oxygen atoms in total. The lowest BCUT2D eigenvalue weighted by Gasteiger charge is -2.20. The van der Waals surface area contributed by atoms with Gasteiger partial charge in [-0.15, -0.1) is 11.3 Å². The minimum atomic E-state index is 0.115. The van der Waals surface area contributed by atoms with Crippen molar-refractivity contribution in [2.45, 2.75) is 42.2 Å². The van der Waals surface area contributed by atoms with Crippen molar-refractivity contribution < 1.29 is 0 Å². The average molecular weight is 279 g/mol. The lowest BCUT2D eigenvalue weighted by Crippen LogP contribution is -2.35. The van der Waals surface area contributed by atoms with E-state index in [1.54, 1.807) is 23.1 Å². The van der Waals surface area contributed by atoms with E-state index in [0.29, 0.717) is 0 Å². The summed E-state index contributed by atoms with van der Waals surface area (Å²) in [4.78, 5) is 8.75. The predicted octanol–water partition coefficient (Wildman–Crippen LogP) is 3.58. The number of nitrogens with zero attached hydrogens (tertiary/aromatic N) is 2. The lowest BCUT2D eigenvalue weighted by molar-refractivity contribution is 0.423. The van der Waals surface area contributed by atoms with Gasteiger partial charge < -0.3 is 5.32 Å². The van der Waals surface area contributed by atoms with E-state index in [2.05, 4.69) is 47.5 Å². The fraction of sp³-hybridized carbons (Fsp3) is 0.385. The van der Waals surface area contributed by atoms with Crippen molar-refractivity contribution in [3.8, 4) is 0 Å². The molecule has 18 heavy (non-hydrogen) atoms. The van der Waals surface area contributed by atoms with E-state index in [0.717, 1.165) is 17.3 Å². The first-order chi connectivity index (χ1) is 8.53. The number of thiophene rings is 1. The van der Waals surface area contributed by atoms with Crippen LogP contribution in [0.5, 0.6) is 0 Å². The van der Waals surface area contributed by atoms with Gasteiger partial charge in [-0.1, -0.05) is 6.07 Å². The second-order valence-electron chi connectivity index (χ2n) is 5.01. The zero-order valence-corrected chi connectivity index (χ0v) is 12.4. The fourth-order valence-electron chi connectivity index (χ4n) is 1.27. The van der Waals surface area contributed by atoms with Crippen molar-refractivity contribution in [1.82, 2.24) is 15.3 Å². The molecular formula is C13H17N3S2. The molecule has 0 bridgehead atoms. The molecule has 1 N–H and O–H groups in total. The van der Waals surface area contributed by atoms with Gasteiger partial charge in [0.1, 0.15) is 0 Å². The normalized spacial score (nSPS) is 11.7. The monoisotopic (exact) mass is 279 g/mol. The molecule has 0 spiro atoms. The van der Waals surface area contributed by atoms with Crippen molar-refractivity contribution in [2.24, 2.45) is 0 Å². The summed E-state index contributed by atoms with van der Waals surface area (Å²) in [6.45, 7) is 7.24. The van der Waals surface area contributed by atoms with Gasteiger partial charge in [-0.05, 0) is 44.0 Å². The summed E-state index contributed by atoms with van der Waals surface area (Å²) in [5.74, 6) is 0. The van der Waals surface area contributed by atoms with Gasteiger partial charge in [-0.25, -0.2) is 9.97 Å². The number of rotatable bonds is 4. The molecule has 5 heteroatoms. The smallest absolute Gasteiger partial charge is 0.193 e. The van der Waals surface area contributed by atoms with Gasteiger partial charge in [0.2, 0.25) is 0 Å². The van der Waals surface area contributed by atoms with Crippen LogP contribution in [-0.2, 0) is 6.54 Å². The standard InChI is InChI=1S/C13H17N3S2/c1-13(2,3)16-9-10-7-14-12(15-8-10)18-11-5-4-6-17-11/h4-8,16H,9H2,1-3H3. The van der Waals surface area contributed by atoms with E-state index in [-0.39, 0.29) is 5.54 Å². The van der Waals surface area contributed by atoms with Crippen LogP contribution in [-0.4, -0.2) is 15.5 Å². The van der Waals surface area contributed by atoms with E-state index in [1.165, 1.54) is 4.21 Å². The number of nitrogens with one attached hydrogen (secondary N) is 1. The molecule has 0 saturated heterocycles. The summed E-state index contributed by atoms with van der Waals surface area (Å²) < 4.78 is 1.22. The van der Waals surface area contributed by atoms with E-state index >= 15 is 0 Å². The molecule has 2 rings (SSSR count). The lowest BCUT2D eigenvalue weighted by atomic mass is 10.1. The first-order valence-electron chi connectivity index (χ1n) is 5.80. The summed E-state index contributed by atoms with van der Waals surface area (Å²) in [5, 5.41) is 6.28. The highest BCUT2D eigenvalue weighted by Gasteiger charge is 2.09. The Hall–Kier alpha value is -0.910. The third kappa shape index (κ3) is 4.40. The van der Waals surface area contributed by atoms with Crippen LogP contribution in [0, 0.1) is 0 Å². The van der Waals surface area contributed by atoms with Crippen LogP contribution in [0.1, 0.15) is 26.3 Å². The maximum atomic E-state index is 4.37. The second kappa shape index (κ2) is 5.82. The molecule has 0 radical (unpaired) electrons. The molecule has 0 aromatic carbocycles. The maximum absolute atomic E-state index is 4.37. The van der Waals surface area contributed by atoms with E-state index in [9.17, 15) is 0 Å². The van der Waals surface area contributed by atoms with Crippen molar-refractivity contribution in [3.63, 3.8) is 0 Å². The van der Waals surface area contributed by atoms with Crippen LogP contribution in [0.15, 0.2) is 39.3 Å². The largest absolute Gasteiger partial charge is 0.308 e. The molecule has 0 aliphatic heterocycles. The molecule has 0 atom stereocenters. The van der Waals surface area contributed by atoms with Gasteiger partial charge in [-0.2, -0.15) is 0 Å². The van der Waals surface area contributed by atoms with Gasteiger partial charge in [0.05, 0.1) is 4.21 Å². The zero-order valence-electron chi connectivity index (χ0n) is 10.8. The van der Waals surface area contributed by atoms with E-state index in [1.807, 2.05) is 18.5 Å². The summed E-state index contributed by atoms with van der Waals surface area (Å²) in [6, 6.07) is 4.11. The number of hydrogen-bond donors (Lipinski definition) is 1. The summed E-state index contributed by atoms with van der Waals surface area (Å²) in [5.41, 5.74) is 1.23. The van der Waals surface area contributed by atoms with Crippen molar-refractivity contribution >= 4 is 23.1 Å². The average Bonchev–Trinajstić information content (AvgIpc) is 2.80. The molecule has 2 aromatic rings. The molecule has 0 aliphatic carbocycles. The quantitative estimate of drug-likeness (QED) is 0.868. The van der Waals surface area contributed by atoms with Gasteiger partial charge in [-0.3, -0.25) is 0 Å².